The van der Waals surface area contributed by atoms with Gasteiger partial charge in [0.05, 0.1) is 0 Å². The number of nitrogens with zero attached hydrogens (tertiary/aromatic N) is 1. The van der Waals surface area contributed by atoms with Crippen LogP contribution in [-0.4, -0.2) is 23.0 Å². The molecule has 0 N–H and O–H groups in total. The molecule has 1 nitrogen and oxygen atoms in total. The Morgan fingerprint density at radius 3 is 2.29 bits per heavy atom. The van der Waals surface area contributed by atoms with E-state index in [1.165, 1.54) is 24.9 Å². The number of benzene rings is 1. The number of piperidine rings is 1. The van der Waals surface area contributed by atoms with Crippen LogP contribution in [0.1, 0.15) is 52.0 Å². The molecule has 2 atom stereocenters. The van der Waals surface area contributed by atoms with E-state index in [2.05, 4.69) is 62.9 Å². The fourth-order valence-electron chi connectivity index (χ4n) is 3.20. The lowest BCUT2D eigenvalue weighted by Crippen LogP contribution is -2.50. The quantitative estimate of drug-likeness (QED) is 0.704. The van der Waals surface area contributed by atoms with E-state index in [0.29, 0.717) is 11.6 Å². The lowest BCUT2D eigenvalue weighted by molar-refractivity contribution is 0.0527. The number of likely N-dealkylation sites (tertiary alicyclic amines) is 1. The molecular formula is C16H25N. The lowest BCUT2D eigenvalue weighted by atomic mass is 9.84. The van der Waals surface area contributed by atoms with Crippen molar-refractivity contribution in [3.8, 4) is 0 Å². The minimum absolute atomic E-state index is 0.307. The van der Waals surface area contributed by atoms with Gasteiger partial charge in [-0.15, -0.1) is 0 Å². The Labute approximate surface area is 106 Å². The lowest BCUT2D eigenvalue weighted by Gasteiger charge is -2.45. The third-order valence-corrected chi connectivity index (χ3v) is 4.01. The number of hydrogen-bond acceptors (Lipinski definition) is 1. The standard InChI is InChI=1S/C16H25N/c1-13-12-15(14-8-6-5-7-9-14)10-11-17(13)16(2,3)4/h5-9,13,15H,10-12H2,1-4H3. The smallest absolute Gasteiger partial charge is 0.0127 e. The van der Waals surface area contributed by atoms with Gasteiger partial charge in [-0.2, -0.15) is 0 Å². The predicted octanol–water partition coefficient (Wildman–Crippen LogP) is 4.05. The highest BCUT2D eigenvalue weighted by atomic mass is 15.2. The summed E-state index contributed by atoms with van der Waals surface area (Å²) in [5, 5.41) is 0. The predicted molar refractivity (Wildman–Crippen MR) is 74.3 cm³/mol. The van der Waals surface area contributed by atoms with E-state index in [4.69, 9.17) is 0 Å². The average molecular weight is 231 g/mol. The summed E-state index contributed by atoms with van der Waals surface area (Å²) >= 11 is 0. The van der Waals surface area contributed by atoms with E-state index in [1.807, 2.05) is 0 Å². The molecule has 0 radical (unpaired) electrons. The van der Waals surface area contributed by atoms with Crippen LogP contribution in [0.2, 0.25) is 0 Å². The van der Waals surface area contributed by atoms with Crippen molar-refractivity contribution in [2.75, 3.05) is 6.54 Å². The van der Waals surface area contributed by atoms with Crippen LogP contribution in [0.3, 0.4) is 0 Å². The Hall–Kier alpha value is -0.820. The van der Waals surface area contributed by atoms with E-state index in [-0.39, 0.29) is 0 Å². The van der Waals surface area contributed by atoms with Gasteiger partial charge in [-0.3, -0.25) is 4.90 Å². The summed E-state index contributed by atoms with van der Waals surface area (Å²) in [4.78, 5) is 2.65. The van der Waals surface area contributed by atoms with Crippen molar-refractivity contribution in [3.05, 3.63) is 35.9 Å². The summed E-state index contributed by atoms with van der Waals surface area (Å²) in [6.07, 6.45) is 2.59. The van der Waals surface area contributed by atoms with Gasteiger partial charge in [0.15, 0.2) is 0 Å². The van der Waals surface area contributed by atoms with Crippen LogP contribution in [0.5, 0.6) is 0 Å². The molecule has 0 amide bonds. The Morgan fingerprint density at radius 2 is 1.76 bits per heavy atom. The first-order valence-electron chi connectivity index (χ1n) is 6.80. The summed E-state index contributed by atoms with van der Waals surface area (Å²) in [6, 6.07) is 11.7. The molecule has 0 aromatic heterocycles. The third-order valence-electron chi connectivity index (χ3n) is 4.01. The maximum atomic E-state index is 2.65. The summed E-state index contributed by atoms with van der Waals surface area (Å²) in [5.41, 5.74) is 1.83. The molecule has 1 aliphatic heterocycles. The highest BCUT2D eigenvalue weighted by Gasteiger charge is 2.32. The summed E-state index contributed by atoms with van der Waals surface area (Å²) in [7, 11) is 0. The molecule has 1 heterocycles. The van der Waals surface area contributed by atoms with E-state index in [1.54, 1.807) is 0 Å². The van der Waals surface area contributed by atoms with E-state index in [9.17, 15) is 0 Å². The van der Waals surface area contributed by atoms with Crippen LogP contribution in [0, 0.1) is 0 Å². The van der Waals surface area contributed by atoms with Crippen molar-refractivity contribution >= 4 is 0 Å². The number of hydrogen-bond donors (Lipinski definition) is 0. The Balaban J connectivity index is 2.05. The van der Waals surface area contributed by atoms with E-state index >= 15 is 0 Å². The van der Waals surface area contributed by atoms with E-state index < -0.39 is 0 Å². The summed E-state index contributed by atoms with van der Waals surface area (Å²) in [6.45, 7) is 10.6. The minimum Gasteiger partial charge on any atom is -0.296 e. The first-order valence-corrected chi connectivity index (χ1v) is 6.80. The monoisotopic (exact) mass is 231 g/mol. The average Bonchev–Trinajstić information content (AvgIpc) is 2.28. The van der Waals surface area contributed by atoms with Crippen molar-refractivity contribution in [3.63, 3.8) is 0 Å². The molecule has 1 aromatic rings. The molecule has 0 bridgehead atoms. The van der Waals surface area contributed by atoms with Gasteiger partial charge in [0.1, 0.15) is 0 Å². The van der Waals surface area contributed by atoms with Gasteiger partial charge in [0, 0.05) is 11.6 Å². The van der Waals surface area contributed by atoms with Crippen LogP contribution in [0.25, 0.3) is 0 Å². The largest absolute Gasteiger partial charge is 0.296 e. The van der Waals surface area contributed by atoms with Crippen molar-refractivity contribution < 1.29 is 0 Å². The molecule has 1 saturated heterocycles. The van der Waals surface area contributed by atoms with Gasteiger partial charge in [0.25, 0.3) is 0 Å². The Morgan fingerprint density at radius 1 is 1.12 bits per heavy atom. The van der Waals surface area contributed by atoms with Crippen LogP contribution in [-0.2, 0) is 0 Å². The third kappa shape index (κ3) is 2.90. The van der Waals surface area contributed by atoms with Gasteiger partial charge < -0.3 is 0 Å². The normalized spacial score (nSPS) is 27.1. The fraction of sp³-hybridized carbons (Fsp3) is 0.625. The molecule has 1 heteroatoms. The summed E-state index contributed by atoms with van der Waals surface area (Å²) < 4.78 is 0. The molecule has 2 rings (SSSR count). The SMILES string of the molecule is CC1CC(c2ccccc2)CCN1C(C)(C)C. The second-order valence-electron chi connectivity index (χ2n) is 6.35. The molecule has 94 valence electrons. The van der Waals surface area contributed by atoms with Gasteiger partial charge in [-0.25, -0.2) is 0 Å². The van der Waals surface area contributed by atoms with Gasteiger partial charge in [-0.1, -0.05) is 30.3 Å². The molecule has 1 aliphatic rings. The molecular weight excluding hydrogens is 206 g/mol. The molecule has 0 aliphatic carbocycles. The van der Waals surface area contributed by atoms with Crippen LogP contribution in [0.15, 0.2) is 30.3 Å². The minimum atomic E-state index is 0.307. The molecule has 1 fully saturated rings. The maximum Gasteiger partial charge on any atom is 0.0127 e. The zero-order chi connectivity index (χ0) is 12.5. The second-order valence-corrected chi connectivity index (χ2v) is 6.35. The first-order chi connectivity index (χ1) is 7.98. The van der Waals surface area contributed by atoms with Crippen molar-refractivity contribution in [1.82, 2.24) is 4.90 Å². The zero-order valence-electron chi connectivity index (χ0n) is 11.6. The molecule has 17 heavy (non-hydrogen) atoms. The van der Waals surface area contributed by atoms with Crippen molar-refractivity contribution in [2.45, 2.75) is 58.0 Å². The van der Waals surface area contributed by atoms with Gasteiger partial charge >= 0.3 is 0 Å². The van der Waals surface area contributed by atoms with Crippen molar-refractivity contribution in [2.24, 2.45) is 0 Å². The van der Waals surface area contributed by atoms with Crippen LogP contribution >= 0.6 is 0 Å². The molecule has 0 saturated carbocycles. The highest BCUT2D eigenvalue weighted by molar-refractivity contribution is 5.20. The topological polar surface area (TPSA) is 3.24 Å². The second kappa shape index (κ2) is 4.81. The Kier molecular flexibility index (Phi) is 3.58. The summed E-state index contributed by atoms with van der Waals surface area (Å²) in [5.74, 6) is 0.754. The molecule has 0 spiro atoms. The van der Waals surface area contributed by atoms with Crippen LogP contribution in [0.4, 0.5) is 0 Å². The zero-order valence-corrected chi connectivity index (χ0v) is 11.6. The highest BCUT2D eigenvalue weighted by Crippen LogP contribution is 2.34. The maximum absolute atomic E-state index is 2.65. The van der Waals surface area contributed by atoms with Crippen LogP contribution < -0.4 is 0 Å². The molecule has 1 aromatic carbocycles. The molecule has 2 unspecified atom stereocenters. The first kappa shape index (κ1) is 12.6. The van der Waals surface area contributed by atoms with Gasteiger partial charge in [-0.05, 0) is 58.6 Å². The van der Waals surface area contributed by atoms with E-state index in [0.717, 1.165) is 5.92 Å². The van der Waals surface area contributed by atoms with Gasteiger partial charge in [0.2, 0.25) is 0 Å². The Bertz CT molecular complexity index is 350. The fourth-order valence-corrected chi connectivity index (χ4v) is 3.20. The van der Waals surface area contributed by atoms with Crippen molar-refractivity contribution in [1.29, 1.82) is 0 Å². The number of rotatable bonds is 1.